The third kappa shape index (κ3) is 4.70. The molecule has 7 heteroatoms. The van der Waals surface area contributed by atoms with Gasteiger partial charge >= 0.3 is 5.97 Å². The van der Waals surface area contributed by atoms with Crippen LogP contribution in [0.1, 0.15) is 23.9 Å². The maximum atomic E-state index is 11.5. The number of hydrogen-bond acceptors (Lipinski definition) is 6. The number of aliphatic carboxylic acids is 1. The molecule has 0 fully saturated rings. The minimum absolute atomic E-state index is 0.152. The van der Waals surface area contributed by atoms with Gasteiger partial charge in [0.1, 0.15) is 18.1 Å². The SMILES string of the molecule is CC(=O)C(=N)c1cc(CCc2ncccn2)ccc1NCC(=O)O. The number of aryl methyl sites for hydroxylation is 2. The van der Waals surface area contributed by atoms with Crippen molar-refractivity contribution < 1.29 is 14.7 Å². The van der Waals surface area contributed by atoms with Crippen molar-refractivity contribution in [1.82, 2.24) is 9.97 Å². The number of benzene rings is 1. The van der Waals surface area contributed by atoms with Crippen LogP contribution in [0, 0.1) is 5.41 Å². The molecule has 0 unspecified atom stereocenters. The zero-order valence-corrected chi connectivity index (χ0v) is 13.2. The monoisotopic (exact) mass is 326 g/mol. The van der Waals surface area contributed by atoms with Crippen molar-refractivity contribution in [2.75, 3.05) is 11.9 Å². The summed E-state index contributed by atoms with van der Waals surface area (Å²) in [6.07, 6.45) is 4.65. The molecule has 0 saturated heterocycles. The summed E-state index contributed by atoms with van der Waals surface area (Å²) in [6, 6.07) is 7.01. The summed E-state index contributed by atoms with van der Waals surface area (Å²) < 4.78 is 0. The standard InChI is InChI=1S/C17H18N4O3/c1-11(22)17(18)13-9-12(3-5-14(13)21-10-16(23)24)4-6-15-19-7-2-8-20-15/h2-3,5,7-9,18,21H,4,6,10H2,1H3,(H,23,24). The Morgan fingerprint density at radius 1 is 1.21 bits per heavy atom. The highest BCUT2D eigenvalue weighted by Crippen LogP contribution is 2.19. The van der Waals surface area contributed by atoms with Gasteiger partial charge in [-0.1, -0.05) is 6.07 Å². The van der Waals surface area contributed by atoms with Crippen molar-refractivity contribution in [3.05, 3.63) is 53.6 Å². The van der Waals surface area contributed by atoms with Gasteiger partial charge in [-0.05, 0) is 30.2 Å². The molecule has 0 aliphatic carbocycles. The Labute approximate surface area is 139 Å². The first-order valence-electron chi connectivity index (χ1n) is 7.41. The van der Waals surface area contributed by atoms with Crippen LogP contribution in [-0.2, 0) is 22.4 Å². The van der Waals surface area contributed by atoms with E-state index < -0.39 is 5.97 Å². The summed E-state index contributed by atoms with van der Waals surface area (Å²) in [5, 5.41) is 19.5. The highest BCUT2D eigenvalue weighted by molar-refractivity contribution is 6.45. The lowest BCUT2D eigenvalue weighted by Crippen LogP contribution is -2.17. The highest BCUT2D eigenvalue weighted by atomic mass is 16.4. The number of carboxylic acids is 1. The zero-order chi connectivity index (χ0) is 17.5. The van der Waals surface area contributed by atoms with Gasteiger partial charge in [-0.25, -0.2) is 9.97 Å². The van der Waals surface area contributed by atoms with E-state index in [2.05, 4.69) is 15.3 Å². The molecule has 1 aromatic heterocycles. The lowest BCUT2D eigenvalue weighted by molar-refractivity contribution is -0.134. The Morgan fingerprint density at radius 2 is 1.92 bits per heavy atom. The van der Waals surface area contributed by atoms with E-state index in [-0.39, 0.29) is 18.0 Å². The van der Waals surface area contributed by atoms with E-state index in [9.17, 15) is 9.59 Å². The predicted molar refractivity (Wildman–Crippen MR) is 89.5 cm³/mol. The average Bonchev–Trinajstić information content (AvgIpc) is 2.58. The molecule has 124 valence electrons. The van der Waals surface area contributed by atoms with Crippen molar-refractivity contribution >= 4 is 23.2 Å². The average molecular weight is 326 g/mol. The highest BCUT2D eigenvalue weighted by Gasteiger charge is 2.14. The molecule has 2 aromatic rings. The Bertz CT molecular complexity index is 760. The number of ketones is 1. The third-order valence-corrected chi connectivity index (χ3v) is 3.39. The second kappa shape index (κ2) is 7.96. The van der Waals surface area contributed by atoms with Crippen LogP contribution < -0.4 is 5.32 Å². The fourth-order valence-corrected chi connectivity index (χ4v) is 2.18. The van der Waals surface area contributed by atoms with E-state index in [0.717, 1.165) is 5.56 Å². The van der Waals surface area contributed by atoms with Crippen molar-refractivity contribution in [2.24, 2.45) is 0 Å². The molecule has 0 aliphatic rings. The van der Waals surface area contributed by atoms with Crippen LogP contribution in [0.15, 0.2) is 36.7 Å². The molecule has 0 aliphatic heterocycles. The summed E-state index contributed by atoms with van der Waals surface area (Å²) in [5.41, 5.74) is 1.62. The van der Waals surface area contributed by atoms with Crippen molar-refractivity contribution in [2.45, 2.75) is 19.8 Å². The van der Waals surface area contributed by atoms with E-state index in [1.165, 1.54) is 6.92 Å². The minimum atomic E-state index is -1.01. The number of rotatable bonds is 8. The maximum Gasteiger partial charge on any atom is 0.322 e. The normalized spacial score (nSPS) is 10.2. The largest absolute Gasteiger partial charge is 0.480 e. The summed E-state index contributed by atoms with van der Waals surface area (Å²) in [5.74, 6) is -0.675. The lowest BCUT2D eigenvalue weighted by Gasteiger charge is -2.12. The molecule has 3 N–H and O–H groups in total. The zero-order valence-electron chi connectivity index (χ0n) is 13.2. The van der Waals surface area contributed by atoms with Crippen LogP contribution in [0.25, 0.3) is 0 Å². The van der Waals surface area contributed by atoms with Crippen molar-refractivity contribution in [1.29, 1.82) is 5.41 Å². The molecule has 0 radical (unpaired) electrons. The number of anilines is 1. The summed E-state index contributed by atoms with van der Waals surface area (Å²) in [6.45, 7) is 1.03. The molecule has 0 atom stereocenters. The van der Waals surface area contributed by atoms with Crippen LogP contribution in [0.2, 0.25) is 0 Å². The number of nitrogens with one attached hydrogen (secondary N) is 2. The van der Waals surface area contributed by atoms with Gasteiger partial charge in [-0.2, -0.15) is 0 Å². The smallest absolute Gasteiger partial charge is 0.322 e. The first-order chi connectivity index (χ1) is 11.5. The van der Waals surface area contributed by atoms with E-state index in [1.54, 1.807) is 30.6 Å². The fourth-order valence-electron chi connectivity index (χ4n) is 2.18. The van der Waals surface area contributed by atoms with Gasteiger partial charge in [-0.15, -0.1) is 0 Å². The minimum Gasteiger partial charge on any atom is -0.480 e. The second-order valence-electron chi connectivity index (χ2n) is 5.22. The quantitative estimate of drug-likeness (QED) is 0.636. The van der Waals surface area contributed by atoms with Crippen molar-refractivity contribution in [3.63, 3.8) is 0 Å². The molecule has 0 saturated carbocycles. The van der Waals surface area contributed by atoms with Crippen LogP contribution in [0.5, 0.6) is 0 Å². The topological polar surface area (TPSA) is 116 Å². The maximum absolute atomic E-state index is 11.5. The van der Waals surface area contributed by atoms with Gasteiger partial charge in [-0.3, -0.25) is 15.0 Å². The first kappa shape index (κ1) is 17.3. The third-order valence-electron chi connectivity index (χ3n) is 3.39. The van der Waals surface area contributed by atoms with Crippen LogP contribution in [0.3, 0.4) is 0 Å². The molecule has 24 heavy (non-hydrogen) atoms. The van der Waals surface area contributed by atoms with Crippen LogP contribution in [-0.4, -0.2) is 39.1 Å². The molecular weight excluding hydrogens is 308 g/mol. The number of aromatic nitrogens is 2. The molecule has 0 amide bonds. The molecule has 2 rings (SSSR count). The van der Waals surface area contributed by atoms with Gasteiger partial charge < -0.3 is 10.4 Å². The van der Waals surface area contributed by atoms with Crippen molar-refractivity contribution in [3.8, 4) is 0 Å². The van der Waals surface area contributed by atoms with Gasteiger partial charge in [0.15, 0.2) is 5.78 Å². The molecule has 7 nitrogen and oxygen atoms in total. The summed E-state index contributed by atoms with van der Waals surface area (Å²) in [7, 11) is 0. The number of Topliss-reactive ketones (excluding diaryl/α,β-unsaturated/α-hetero) is 1. The number of carbonyl (C=O) groups excluding carboxylic acids is 1. The van der Waals surface area contributed by atoms with Gasteiger partial charge in [0.2, 0.25) is 0 Å². The Balaban J connectivity index is 2.21. The lowest BCUT2D eigenvalue weighted by atomic mass is 9.99. The van der Waals surface area contributed by atoms with Crippen LogP contribution >= 0.6 is 0 Å². The molecule has 0 bridgehead atoms. The predicted octanol–water partition coefficient (Wildman–Crippen LogP) is 1.72. The Hall–Kier alpha value is -3.09. The van der Waals surface area contributed by atoms with Crippen LogP contribution in [0.4, 0.5) is 5.69 Å². The summed E-state index contributed by atoms with van der Waals surface area (Å²) >= 11 is 0. The second-order valence-corrected chi connectivity index (χ2v) is 5.22. The van der Waals surface area contributed by atoms with E-state index in [4.69, 9.17) is 10.5 Å². The van der Waals surface area contributed by atoms with E-state index in [1.807, 2.05) is 6.07 Å². The number of hydrogen-bond donors (Lipinski definition) is 3. The fraction of sp³-hybridized carbons (Fsp3) is 0.235. The number of nitrogens with zero attached hydrogens (tertiary/aromatic N) is 2. The molecule has 1 heterocycles. The number of carboxylic acid groups (broad SMARTS) is 1. The number of carbonyl (C=O) groups is 2. The Morgan fingerprint density at radius 3 is 2.54 bits per heavy atom. The first-order valence-corrected chi connectivity index (χ1v) is 7.41. The van der Waals surface area contributed by atoms with Gasteiger partial charge in [0.05, 0.1) is 0 Å². The van der Waals surface area contributed by atoms with E-state index in [0.29, 0.717) is 29.9 Å². The van der Waals surface area contributed by atoms with Gasteiger partial charge in [0, 0.05) is 37.0 Å². The Kier molecular flexibility index (Phi) is 5.73. The molecule has 1 aromatic carbocycles. The molecular formula is C17H18N4O3. The molecule has 0 spiro atoms. The van der Waals surface area contributed by atoms with E-state index >= 15 is 0 Å². The van der Waals surface area contributed by atoms with Gasteiger partial charge in [0.25, 0.3) is 0 Å². The summed E-state index contributed by atoms with van der Waals surface area (Å²) in [4.78, 5) is 30.6.